The number of nitrogens with one attached hydrogen (secondary N) is 2. The zero-order valence-corrected chi connectivity index (χ0v) is 14.5. The quantitative estimate of drug-likeness (QED) is 0.708. The summed E-state index contributed by atoms with van der Waals surface area (Å²) in [6, 6.07) is 8.86. The highest BCUT2D eigenvalue weighted by molar-refractivity contribution is 14.1. The molecular formula is C14H16IN3O2S. The summed E-state index contributed by atoms with van der Waals surface area (Å²) in [6.07, 6.45) is 3.84. The molecule has 0 saturated carbocycles. The minimum absolute atomic E-state index is 0.150. The molecule has 0 saturated heterocycles. The fourth-order valence-corrected chi connectivity index (χ4v) is 3.48. The van der Waals surface area contributed by atoms with Crippen molar-refractivity contribution in [1.29, 1.82) is 0 Å². The van der Waals surface area contributed by atoms with Crippen LogP contribution in [0.3, 0.4) is 0 Å². The third-order valence-corrected chi connectivity index (χ3v) is 4.80. The van der Waals surface area contributed by atoms with Gasteiger partial charge in [0.15, 0.2) is 0 Å². The van der Waals surface area contributed by atoms with Crippen LogP contribution < -0.4 is 10.0 Å². The Labute approximate surface area is 138 Å². The predicted octanol–water partition coefficient (Wildman–Crippen LogP) is 3.31. The van der Waals surface area contributed by atoms with Crippen LogP contribution in [0.25, 0.3) is 0 Å². The minimum atomic E-state index is -3.67. The van der Waals surface area contributed by atoms with Crippen LogP contribution in [-0.2, 0) is 10.0 Å². The van der Waals surface area contributed by atoms with E-state index < -0.39 is 10.0 Å². The number of pyridine rings is 1. The van der Waals surface area contributed by atoms with Crippen molar-refractivity contribution < 1.29 is 8.42 Å². The Morgan fingerprint density at radius 1 is 1.29 bits per heavy atom. The second kappa shape index (κ2) is 7.08. The van der Waals surface area contributed by atoms with Crippen molar-refractivity contribution in [3.63, 3.8) is 0 Å². The Bertz CT molecular complexity index is 720. The Morgan fingerprint density at radius 2 is 2.10 bits per heavy atom. The van der Waals surface area contributed by atoms with Gasteiger partial charge in [-0.25, -0.2) is 8.42 Å². The third-order valence-electron chi connectivity index (χ3n) is 2.72. The molecule has 0 bridgehead atoms. The molecule has 7 heteroatoms. The monoisotopic (exact) mass is 417 g/mol. The molecule has 2 aromatic rings. The first-order valence-corrected chi connectivity index (χ1v) is 9.05. The van der Waals surface area contributed by atoms with Gasteiger partial charge < -0.3 is 5.32 Å². The van der Waals surface area contributed by atoms with Crippen molar-refractivity contribution in [1.82, 2.24) is 4.98 Å². The van der Waals surface area contributed by atoms with E-state index in [1.54, 1.807) is 30.5 Å². The van der Waals surface area contributed by atoms with E-state index >= 15 is 0 Å². The zero-order chi connectivity index (χ0) is 15.3. The summed E-state index contributed by atoms with van der Waals surface area (Å²) in [5, 5.41) is 3.11. The summed E-state index contributed by atoms with van der Waals surface area (Å²) < 4.78 is 28.5. The maximum absolute atomic E-state index is 12.5. The standard InChI is InChI=1S/C14H16IN3O2S/c1-2-7-17-13-6-8-16-10-14(13)21(19,20)18-12-5-3-4-11(15)9-12/h3-6,8-10,18H,2,7H2,1H3,(H,16,17). The van der Waals surface area contributed by atoms with Gasteiger partial charge >= 0.3 is 0 Å². The van der Waals surface area contributed by atoms with Crippen molar-refractivity contribution >= 4 is 44.0 Å². The fraction of sp³-hybridized carbons (Fsp3) is 0.214. The van der Waals surface area contributed by atoms with Gasteiger partial charge in [-0.3, -0.25) is 9.71 Å². The van der Waals surface area contributed by atoms with E-state index in [2.05, 4.69) is 37.6 Å². The molecule has 2 N–H and O–H groups in total. The van der Waals surface area contributed by atoms with E-state index in [0.29, 0.717) is 17.9 Å². The van der Waals surface area contributed by atoms with Gasteiger partial charge in [0, 0.05) is 28.2 Å². The Hall–Kier alpha value is -1.35. The summed E-state index contributed by atoms with van der Waals surface area (Å²) in [4.78, 5) is 4.07. The highest BCUT2D eigenvalue weighted by Gasteiger charge is 2.18. The molecule has 0 fully saturated rings. The normalized spacial score (nSPS) is 11.1. The maximum atomic E-state index is 12.5. The number of rotatable bonds is 6. The van der Waals surface area contributed by atoms with E-state index in [1.807, 2.05) is 13.0 Å². The van der Waals surface area contributed by atoms with E-state index in [1.165, 1.54) is 6.20 Å². The summed E-state index contributed by atoms with van der Waals surface area (Å²) in [5.41, 5.74) is 1.09. The van der Waals surface area contributed by atoms with Crippen LogP contribution in [0.2, 0.25) is 0 Å². The number of aromatic nitrogens is 1. The minimum Gasteiger partial charge on any atom is -0.384 e. The van der Waals surface area contributed by atoms with Crippen LogP contribution in [-0.4, -0.2) is 19.9 Å². The van der Waals surface area contributed by atoms with Crippen LogP contribution in [0.5, 0.6) is 0 Å². The first kappa shape index (κ1) is 16.0. The molecule has 0 aliphatic rings. The second-order valence-electron chi connectivity index (χ2n) is 4.41. The molecule has 0 amide bonds. The van der Waals surface area contributed by atoms with E-state index in [0.717, 1.165) is 9.99 Å². The summed E-state index contributed by atoms with van der Waals surface area (Å²) in [5.74, 6) is 0. The molecule has 112 valence electrons. The van der Waals surface area contributed by atoms with Gasteiger partial charge in [0.25, 0.3) is 10.0 Å². The molecule has 0 unspecified atom stereocenters. The van der Waals surface area contributed by atoms with Gasteiger partial charge in [-0.1, -0.05) is 13.0 Å². The van der Waals surface area contributed by atoms with Gasteiger partial charge in [0.1, 0.15) is 4.90 Å². The number of hydrogen-bond acceptors (Lipinski definition) is 4. The van der Waals surface area contributed by atoms with Gasteiger partial charge in [-0.15, -0.1) is 0 Å². The first-order valence-electron chi connectivity index (χ1n) is 6.49. The number of hydrogen-bond donors (Lipinski definition) is 2. The number of benzene rings is 1. The van der Waals surface area contributed by atoms with Crippen LogP contribution in [0.1, 0.15) is 13.3 Å². The van der Waals surface area contributed by atoms with Gasteiger partial charge in [0.05, 0.1) is 5.69 Å². The molecule has 0 atom stereocenters. The Balaban J connectivity index is 2.31. The molecule has 5 nitrogen and oxygen atoms in total. The predicted molar refractivity (Wildman–Crippen MR) is 93.0 cm³/mol. The summed E-state index contributed by atoms with van der Waals surface area (Å²) in [6.45, 7) is 2.72. The van der Waals surface area contributed by atoms with E-state index in [4.69, 9.17) is 0 Å². The Kier molecular flexibility index (Phi) is 5.40. The van der Waals surface area contributed by atoms with E-state index in [9.17, 15) is 8.42 Å². The zero-order valence-electron chi connectivity index (χ0n) is 11.5. The smallest absolute Gasteiger partial charge is 0.265 e. The first-order chi connectivity index (χ1) is 10.0. The molecule has 21 heavy (non-hydrogen) atoms. The molecule has 1 aromatic carbocycles. The maximum Gasteiger partial charge on any atom is 0.265 e. The second-order valence-corrected chi connectivity index (χ2v) is 7.31. The average molecular weight is 417 g/mol. The largest absolute Gasteiger partial charge is 0.384 e. The molecule has 2 rings (SSSR count). The van der Waals surface area contributed by atoms with Crippen molar-refractivity contribution in [2.75, 3.05) is 16.6 Å². The van der Waals surface area contributed by atoms with Crippen LogP contribution in [0, 0.1) is 3.57 Å². The third kappa shape index (κ3) is 4.31. The van der Waals surface area contributed by atoms with Gasteiger partial charge in [0.2, 0.25) is 0 Å². The number of anilines is 2. The molecule has 0 spiro atoms. The number of sulfonamides is 1. The van der Waals surface area contributed by atoms with Crippen molar-refractivity contribution in [3.05, 3.63) is 46.3 Å². The highest BCUT2D eigenvalue weighted by atomic mass is 127. The van der Waals surface area contributed by atoms with Gasteiger partial charge in [-0.2, -0.15) is 0 Å². The topological polar surface area (TPSA) is 71.1 Å². The van der Waals surface area contributed by atoms with Crippen LogP contribution in [0.4, 0.5) is 11.4 Å². The molecule has 0 radical (unpaired) electrons. The van der Waals surface area contributed by atoms with Crippen molar-refractivity contribution in [2.45, 2.75) is 18.2 Å². The van der Waals surface area contributed by atoms with Crippen molar-refractivity contribution in [2.24, 2.45) is 0 Å². The lowest BCUT2D eigenvalue weighted by Crippen LogP contribution is -2.16. The fourth-order valence-electron chi connectivity index (χ4n) is 1.76. The lowest BCUT2D eigenvalue weighted by molar-refractivity contribution is 0.601. The SMILES string of the molecule is CCCNc1ccncc1S(=O)(=O)Nc1cccc(I)c1. The van der Waals surface area contributed by atoms with Crippen LogP contribution in [0.15, 0.2) is 47.6 Å². The van der Waals surface area contributed by atoms with Crippen LogP contribution >= 0.6 is 22.6 Å². The molecule has 1 aromatic heterocycles. The Morgan fingerprint density at radius 3 is 2.81 bits per heavy atom. The lowest BCUT2D eigenvalue weighted by atomic mass is 10.3. The summed E-state index contributed by atoms with van der Waals surface area (Å²) in [7, 11) is -3.67. The molecule has 1 heterocycles. The molecular weight excluding hydrogens is 401 g/mol. The number of nitrogens with zero attached hydrogens (tertiary/aromatic N) is 1. The van der Waals surface area contributed by atoms with Crippen molar-refractivity contribution in [3.8, 4) is 0 Å². The average Bonchev–Trinajstić information content (AvgIpc) is 2.45. The number of halogens is 1. The van der Waals surface area contributed by atoms with Gasteiger partial charge in [-0.05, 0) is 53.3 Å². The lowest BCUT2D eigenvalue weighted by Gasteiger charge is -2.13. The molecule has 0 aliphatic carbocycles. The molecule has 0 aliphatic heterocycles. The van der Waals surface area contributed by atoms with E-state index in [-0.39, 0.29) is 4.90 Å². The summed E-state index contributed by atoms with van der Waals surface area (Å²) >= 11 is 2.14. The highest BCUT2D eigenvalue weighted by Crippen LogP contribution is 2.23.